The molecule has 0 bridgehead atoms. The molecule has 7 nitrogen and oxygen atoms in total. The molecule has 0 heterocycles. The maximum Gasteiger partial charge on any atom is 1.00 e. The Bertz CT molecular complexity index is 420. The van der Waals surface area contributed by atoms with Crippen molar-refractivity contribution in [1.82, 2.24) is 0 Å². The van der Waals surface area contributed by atoms with E-state index in [4.69, 9.17) is 19.2 Å². The summed E-state index contributed by atoms with van der Waals surface area (Å²) in [4.78, 5) is 19.8. The number of rotatable bonds is 13. The number of carbonyl (C=O) groups excluding carboxylic acids is 2. The van der Waals surface area contributed by atoms with Crippen molar-refractivity contribution in [2.24, 2.45) is 0 Å². The molecular weight excluding hydrogens is 359 g/mol. The van der Waals surface area contributed by atoms with Gasteiger partial charge in [-0.15, -0.1) is 0 Å². The van der Waals surface area contributed by atoms with Crippen molar-refractivity contribution in [3.63, 3.8) is 0 Å². The summed E-state index contributed by atoms with van der Waals surface area (Å²) in [6.07, 6.45) is 11.8. The van der Waals surface area contributed by atoms with Crippen molar-refractivity contribution in [3.05, 3.63) is 0 Å². The van der Waals surface area contributed by atoms with Crippen molar-refractivity contribution < 1.29 is 62.0 Å². The quantitative estimate of drug-likeness (QED) is 0.187. The third-order valence-electron chi connectivity index (χ3n) is 3.06. The first-order chi connectivity index (χ1) is 11.2. The van der Waals surface area contributed by atoms with Gasteiger partial charge < -0.3 is 14.6 Å². The van der Waals surface area contributed by atoms with E-state index in [-0.39, 0.29) is 36.2 Å². The van der Waals surface area contributed by atoms with Crippen molar-refractivity contribution in [1.29, 1.82) is 0 Å². The van der Waals surface area contributed by atoms with Crippen LogP contribution in [0, 0.1) is 0 Å². The number of carboxylic acid groups (broad SMARTS) is 1. The van der Waals surface area contributed by atoms with Gasteiger partial charge in [0.15, 0.2) is 5.75 Å². The molecule has 0 rings (SSSR count). The van der Waals surface area contributed by atoms with Gasteiger partial charge in [0, 0.05) is 5.97 Å². The van der Waals surface area contributed by atoms with E-state index < -0.39 is 27.8 Å². The van der Waals surface area contributed by atoms with Gasteiger partial charge in [-0.2, -0.15) is 8.42 Å². The monoisotopic (exact) mass is 390 g/mol. The summed E-state index contributed by atoms with van der Waals surface area (Å²) in [5, 5.41) is 8.89. The first kappa shape index (κ1) is 29.6. The van der Waals surface area contributed by atoms with E-state index in [9.17, 15) is 13.2 Å². The summed E-state index contributed by atoms with van der Waals surface area (Å²) >= 11 is 0. The number of hydrogen-bond donors (Lipinski definition) is 1. The second-order valence-electron chi connectivity index (χ2n) is 5.62. The Hall–Kier alpha value is -0.150. The average molecular weight is 390 g/mol. The molecule has 0 saturated carbocycles. The van der Waals surface area contributed by atoms with Crippen LogP contribution < -0.4 is 34.7 Å². The minimum absolute atomic E-state index is 0. The van der Waals surface area contributed by atoms with Gasteiger partial charge in [0.2, 0.25) is 0 Å². The fraction of sp³-hybridized carbons (Fsp3) is 0.875. The molecule has 0 aromatic carbocycles. The number of unbranched alkanes of at least 4 members (excludes halogenated alkanes) is 9. The van der Waals surface area contributed by atoms with Crippen LogP contribution in [-0.2, 0) is 24.4 Å². The van der Waals surface area contributed by atoms with E-state index in [0.29, 0.717) is 0 Å². The molecule has 0 aliphatic heterocycles. The third kappa shape index (κ3) is 35.7. The molecule has 0 atom stereocenters. The molecule has 25 heavy (non-hydrogen) atoms. The molecule has 0 saturated heterocycles. The number of ether oxygens (including phenoxy) is 1. The number of esters is 1. The Labute approximate surface area is 173 Å². The molecule has 0 aliphatic rings. The van der Waals surface area contributed by atoms with Crippen molar-refractivity contribution in [2.45, 2.75) is 78.1 Å². The van der Waals surface area contributed by atoms with E-state index in [1.807, 2.05) is 0 Å². The zero-order valence-corrected chi connectivity index (χ0v) is 18.6. The van der Waals surface area contributed by atoms with Gasteiger partial charge in [-0.1, -0.05) is 64.7 Å². The van der Waals surface area contributed by atoms with Crippen LogP contribution in [0.15, 0.2) is 0 Å². The van der Waals surface area contributed by atoms with Crippen LogP contribution in [0.2, 0.25) is 0 Å². The number of carboxylic acids is 1. The fourth-order valence-electron chi connectivity index (χ4n) is 1.97. The second kappa shape index (κ2) is 20.2. The number of hydrogen-bond acceptors (Lipinski definition) is 6. The molecule has 0 aromatic rings. The van der Waals surface area contributed by atoms with E-state index in [2.05, 4.69) is 6.92 Å². The van der Waals surface area contributed by atoms with Crippen LogP contribution in [0.1, 0.15) is 78.1 Å². The zero-order valence-electron chi connectivity index (χ0n) is 15.8. The molecule has 0 aliphatic carbocycles. The Morgan fingerprint density at radius 2 is 1.28 bits per heavy atom. The van der Waals surface area contributed by atoms with Gasteiger partial charge in [-0.25, -0.2) is 0 Å². The first-order valence-electron chi connectivity index (χ1n) is 8.47. The van der Waals surface area contributed by atoms with Gasteiger partial charge in [-0.05, 0) is 13.3 Å². The van der Waals surface area contributed by atoms with Crippen molar-refractivity contribution >= 4 is 22.1 Å². The largest absolute Gasteiger partial charge is 1.00 e. The van der Waals surface area contributed by atoms with Crippen LogP contribution in [0.5, 0.6) is 0 Å². The van der Waals surface area contributed by atoms with Crippen LogP contribution in [-0.4, -0.2) is 37.3 Å². The summed E-state index contributed by atoms with van der Waals surface area (Å²) in [7, 11) is -4.26. The van der Waals surface area contributed by atoms with Gasteiger partial charge in [0.05, 0.1) is 6.61 Å². The second-order valence-corrected chi connectivity index (χ2v) is 7.07. The van der Waals surface area contributed by atoms with E-state index in [1.165, 1.54) is 44.9 Å². The summed E-state index contributed by atoms with van der Waals surface area (Å²) in [5.41, 5.74) is 0. The SMILES string of the molecule is CC(=O)[O-].CCCCCCCCCCCCOC(=O)CS(=O)(=O)O.[Na+]. The van der Waals surface area contributed by atoms with Crippen LogP contribution in [0.3, 0.4) is 0 Å². The minimum atomic E-state index is -4.26. The molecule has 144 valence electrons. The Morgan fingerprint density at radius 3 is 1.64 bits per heavy atom. The Kier molecular flexibility index (Phi) is 23.9. The topological polar surface area (TPSA) is 121 Å². The van der Waals surface area contributed by atoms with E-state index in [0.717, 1.165) is 26.2 Å². The van der Waals surface area contributed by atoms with E-state index in [1.54, 1.807) is 0 Å². The van der Waals surface area contributed by atoms with Gasteiger partial charge in [0.1, 0.15) is 0 Å². The molecule has 1 N–H and O–H groups in total. The average Bonchev–Trinajstić information content (AvgIpc) is 2.42. The van der Waals surface area contributed by atoms with Gasteiger partial charge in [0.25, 0.3) is 10.1 Å². The van der Waals surface area contributed by atoms with Crippen molar-refractivity contribution in [3.8, 4) is 0 Å². The van der Waals surface area contributed by atoms with Crippen LogP contribution in [0.25, 0.3) is 0 Å². The normalized spacial score (nSPS) is 10.2. The van der Waals surface area contributed by atoms with Gasteiger partial charge >= 0.3 is 35.5 Å². The third-order valence-corrected chi connectivity index (χ3v) is 3.66. The predicted molar refractivity (Wildman–Crippen MR) is 89.9 cm³/mol. The molecule has 0 fully saturated rings. The Morgan fingerprint density at radius 1 is 0.920 bits per heavy atom. The van der Waals surface area contributed by atoms with Crippen LogP contribution in [0.4, 0.5) is 0 Å². The Balaban J connectivity index is -0.000000867. The maximum absolute atomic E-state index is 11.0. The molecule has 0 radical (unpaired) electrons. The molecule has 0 amide bonds. The summed E-state index contributed by atoms with van der Waals surface area (Å²) in [6, 6.07) is 0. The predicted octanol–water partition coefficient (Wildman–Crippen LogP) is -0.901. The zero-order chi connectivity index (χ0) is 18.8. The summed E-state index contributed by atoms with van der Waals surface area (Å²) in [5.74, 6) is -2.92. The molecule has 9 heteroatoms. The fourth-order valence-corrected chi connectivity index (χ4v) is 2.35. The maximum atomic E-state index is 11.0. The smallest absolute Gasteiger partial charge is 0.550 e. The summed E-state index contributed by atoms with van der Waals surface area (Å²) in [6.45, 7) is 3.41. The molecule has 0 unspecified atom stereocenters. The van der Waals surface area contributed by atoms with Crippen LogP contribution >= 0.6 is 0 Å². The molecule has 0 aromatic heterocycles. The molecule has 0 spiro atoms. The van der Waals surface area contributed by atoms with Gasteiger partial charge in [-0.3, -0.25) is 9.35 Å². The number of aliphatic carboxylic acids is 1. The van der Waals surface area contributed by atoms with Crippen molar-refractivity contribution in [2.75, 3.05) is 12.4 Å². The number of carbonyl (C=O) groups is 2. The first-order valence-corrected chi connectivity index (χ1v) is 10.1. The standard InChI is InChI=1S/C14H28O5S.C2H4O2.Na/c1-2-3-4-5-6-7-8-9-10-11-12-19-14(15)13-20(16,17)18;1-2(3)4;/h2-13H2,1H3,(H,16,17,18);1H3,(H,3,4);/q;;+1/p-1. The minimum Gasteiger partial charge on any atom is -0.550 e. The summed E-state index contributed by atoms with van der Waals surface area (Å²) < 4.78 is 33.9. The molecular formula is C16H31NaO7S. The van der Waals surface area contributed by atoms with E-state index >= 15 is 0 Å².